The molecule has 2 aromatic rings. The molecule has 0 heterocycles. The highest BCUT2D eigenvalue weighted by molar-refractivity contribution is 5.48. The largest absolute Gasteiger partial charge is 0.303 e. The van der Waals surface area contributed by atoms with Crippen LogP contribution in [0.2, 0.25) is 0 Å². The maximum absolute atomic E-state index is 3.87. The lowest BCUT2D eigenvalue weighted by atomic mass is 9.82. The van der Waals surface area contributed by atoms with Gasteiger partial charge in [0, 0.05) is 6.04 Å². The maximum Gasteiger partial charge on any atom is 0.0584 e. The molecule has 0 unspecified atom stereocenters. The Bertz CT molecular complexity index is 603. The molecule has 0 saturated carbocycles. The first-order chi connectivity index (χ1) is 9.92. The van der Waals surface area contributed by atoms with Gasteiger partial charge in [-0.25, -0.2) is 0 Å². The van der Waals surface area contributed by atoms with Crippen molar-refractivity contribution in [3.63, 3.8) is 0 Å². The molecular formula is C19H19N. The summed E-state index contributed by atoms with van der Waals surface area (Å²) in [7, 11) is 0. The van der Waals surface area contributed by atoms with Crippen LogP contribution in [0.3, 0.4) is 0 Å². The van der Waals surface area contributed by atoms with Gasteiger partial charge in [-0.05, 0) is 41.5 Å². The molecule has 0 aromatic heterocycles. The predicted octanol–water partition coefficient (Wildman–Crippen LogP) is 3.99. The minimum absolute atomic E-state index is 0.348. The van der Waals surface area contributed by atoms with Gasteiger partial charge in [0.15, 0.2) is 0 Å². The standard InChI is InChI=1S/C19H19N/c1-5-11-17-14(7-1)13-15-8-2-6-12-18(15)19(17)20-16-9-3-4-10-16/h1-8,11-12,16,19-20H,9-10,13H2. The molecule has 0 saturated heterocycles. The molecule has 1 nitrogen and oxygen atoms in total. The van der Waals surface area contributed by atoms with E-state index < -0.39 is 0 Å². The van der Waals surface area contributed by atoms with Gasteiger partial charge in [0.05, 0.1) is 6.04 Å². The molecule has 0 radical (unpaired) electrons. The van der Waals surface area contributed by atoms with E-state index in [2.05, 4.69) is 66.0 Å². The first-order valence-corrected chi connectivity index (χ1v) is 7.48. The Balaban J connectivity index is 1.75. The van der Waals surface area contributed by atoms with Crippen LogP contribution in [-0.4, -0.2) is 6.04 Å². The first-order valence-electron chi connectivity index (χ1n) is 7.48. The van der Waals surface area contributed by atoms with E-state index in [9.17, 15) is 0 Å². The average Bonchev–Trinajstić information content (AvgIpc) is 3.00. The summed E-state index contributed by atoms with van der Waals surface area (Å²) in [6.07, 6.45) is 7.95. The van der Waals surface area contributed by atoms with Gasteiger partial charge < -0.3 is 5.32 Å². The summed E-state index contributed by atoms with van der Waals surface area (Å²) >= 11 is 0. The molecule has 0 fully saturated rings. The van der Waals surface area contributed by atoms with Crippen molar-refractivity contribution in [2.45, 2.75) is 31.3 Å². The summed E-state index contributed by atoms with van der Waals surface area (Å²) < 4.78 is 0. The molecule has 0 atom stereocenters. The van der Waals surface area contributed by atoms with Crippen LogP contribution in [0.1, 0.15) is 41.1 Å². The second kappa shape index (κ2) is 4.92. The van der Waals surface area contributed by atoms with E-state index in [0.717, 1.165) is 19.3 Å². The number of fused-ring (bicyclic) bond motifs is 2. The molecule has 0 spiro atoms. The normalized spacial score (nSPS) is 18.0. The third-order valence-electron chi connectivity index (χ3n) is 4.52. The highest BCUT2D eigenvalue weighted by Crippen LogP contribution is 2.35. The van der Waals surface area contributed by atoms with Crippen molar-refractivity contribution >= 4 is 0 Å². The molecule has 2 aliphatic carbocycles. The molecule has 1 N–H and O–H groups in total. The van der Waals surface area contributed by atoms with Crippen molar-refractivity contribution < 1.29 is 0 Å². The van der Waals surface area contributed by atoms with Crippen molar-refractivity contribution in [3.8, 4) is 0 Å². The zero-order valence-corrected chi connectivity index (χ0v) is 11.5. The molecular weight excluding hydrogens is 242 g/mol. The molecule has 4 rings (SSSR count). The van der Waals surface area contributed by atoms with Crippen molar-refractivity contribution in [1.82, 2.24) is 5.32 Å². The van der Waals surface area contributed by atoms with Gasteiger partial charge >= 0.3 is 0 Å². The summed E-state index contributed by atoms with van der Waals surface area (Å²) in [5.41, 5.74) is 5.85. The molecule has 2 aromatic carbocycles. The Hall–Kier alpha value is -1.86. The fraction of sp³-hybridized carbons (Fsp3) is 0.263. The third-order valence-corrected chi connectivity index (χ3v) is 4.52. The van der Waals surface area contributed by atoms with Crippen molar-refractivity contribution in [3.05, 3.63) is 82.9 Å². The molecule has 100 valence electrons. The van der Waals surface area contributed by atoms with E-state index in [0.29, 0.717) is 12.1 Å². The minimum atomic E-state index is 0.348. The molecule has 0 aliphatic heterocycles. The van der Waals surface area contributed by atoms with Crippen LogP contribution in [0, 0.1) is 0 Å². The summed E-state index contributed by atoms with van der Waals surface area (Å²) in [5.74, 6) is 0. The average molecular weight is 261 g/mol. The second-order valence-electron chi connectivity index (χ2n) is 5.81. The Morgan fingerprint density at radius 3 is 1.90 bits per heavy atom. The van der Waals surface area contributed by atoms with Crippen LogP contribution in [0.5, 0.6) is 0 Å². The Morgan fingerprint density at radius 1 is 0.750 bits per heavy atom. The quantitative estimate of drug-likeness (QED) is 0.806. The topological polar surface area (TPSA) is 12.0 Å². The van der Waals surface area contributed by atoms with Crippen LogP contribution in [-0.2, 0) is 6.42 Å². The van der Waals surface area contributed by atoms with E-state index in [1.165, 1.54) is 22.3 Å². The summed E-state index contributed by atoms with van der Waals surface area (Å²) in [6.45, 7) is 0. The Morgan fingerprint density at radius 2 is 1.30 bits per heavy atom. The van der Waals surface area contributed by atoms with E-state index in [4.69, 9.17) is 0 Å². The van der Waals surface area contributed by atoms with Crippen LogP contribution in [0.4, 0.5) is 0 Å². The van der Waals surface area contributed by atoms with Crippen LogP contribution >= 0.6 is 0 Å². The summed E-state index contributed by atoms with van der Waals surface area (Å²) in [4.78, 5) is 0. The van der Waals surface area contributed by atoms with Gasteiger partial charge in [-0.3, -0.25) is 0 Å². The number of hydrogen-bond acceptors (Lipinski definition) is 1. The molecule has 0 amide bonds. The summed E-state index contributed by atoms with van der Waals surface area (Å²) in [5, 5.41) is 3.87. The Kier molecular flexibility index (Phi) is 2.93. The van der Waals surface area contributed by atoms with E-state index in [-0.39, 0.29) is 0 Å². The monoisotopic (exact) mass is 261 g/mol. The zero-order valence-electron chi connectivity index (χ0n) is 11.5. The number of nitrogens with one attached hydrogen (secondary N) is 1. The van der Waals surface area contributed by atoms with Crippen LogP contribution in [0.25, 0.3) is 0 Å². The molecule has 2 aliphatic rings. The fourth-order valence-electron chi connectivity index (χ4n) is 3.49. The van der Waals surface area contributed by atoms with Gasteiger partial charge in [0.1, 0.15) is 0 Å². The smallest absolute Gasteiger partial charge is 0.0584 e. The third kappa shape index (κ3) is 1.99. The van der Waals surface area contributed by atoms with Crippen molar-refractivity contribution in [2.24, 2.45) is 0 Å². The minimum Gasteiger partial charge on any atom is -0.303 e. The highest BCUT2D eigenvalue weighted by atomic mass is 15.0. The second-order valence-corrected chi connectivity index (χ2v) is 5.81. The fourth-order valence-corrected chi connectivity index (χ4v) is 3.49. The van der Waals surface area contributed by atoms with Crippen molar-refractivity contribution in [1.29, 1.82) is 0 Å². The SMILES string of the molecule is C1=CCC(NC2c3ccccc3Cc3ccccc32)C1. The highest BCUT2D eigenvalue weighted by Gasteiger charge is 2.26. The lowest BCUT2D eigenvalue weighted by molar-refractivity contribution is 0.482. The molecule has 20 heavy (non-hydrogen) atoms. The van der Waals surface area contributed by atoms with Crippen molar-refractivity contribution in [2.75, 3.05) is 0 Å². The van der Waals surface area contributed by atoms with Crippen LogP contribution in [0.15, 0.2) is 60.7 Å². The zero-order chi connectivity index (χ0) is 13.4. The summed E-state index contributed by atoms with van der Waals surface area (Å²) in [6, 6.07) is 18.7. The Labute approximate surface area is 120 Å². The maximum atomic E-state index is 3.87. The molecule has 0 bridgehead atoms. The predicted molar refractivity (Wildman–Crippen MR) is 82.8 cm³/mol. The van der Waals surface area contributed by atoms with E-state index in [1.54, 1.807) is 0 Å². The lowest BCUT2D eigenvalue weighted by Crippen LogP contribution is -2.34. The van der Waals surface area contributed by atoms with E-state index >= 15 is 0 Å². The lowest BCUT2D eigenvalue weighted by Gasteiger charge is -2.31. The van der Waals surface area contributed by atoms with Gasteiger partial charge in [-0.15, -0.1) is 0 Å². The van der Waals surface area contributed by atoms with Crippen LogP contribution < -0.4 is 5.32 Å². The van der Waals surface area contributed by atoms with Gasteiger partial charge in [0.2, 0.25) is 0 Å². The van der Waals surface area contributed by atoms with Gasteiger partial charge in [-0.2, -0.15) is 0 Å². The van der Waals surface area contributed by atoms with Gasteiger partial charge in [-0.1, -0.05) is 60.7 Å². The first kappa shape index (κ1) is 11.9. The van der Waals surface area contributed by atoms with Gasteiger partial charge in [0.25, 0.3) is 0 Å². The number of rotatable bonds is 2. The van der Waals surface area contributed by atoms with E-state index in [1.807, 2.05) is 0 Å². The molecule has 1 heteroatoms. The number of benzene rings is 2. The number of hydrogen-bond donors (Lipinski definition) is 1.